The first-order chi connectivity index (χ1) is 9.86. The first-order valence-corrected chi connectivity index (χ1v) is 8.99. The van der Waals surface area contributed by atoms with Crippen LogP contribution in [-0.2, 0) is 4.74 Å². The molecule has 0 aromatic carbocycles. The molecule has 3 heterocycles. The summed E-state index contributed by atoms with van der Waals surface area (Å²) in [6, 6.07) is 3.23. The number of fused-ring (bicyclic) bond motifs is 2. The van der Waals surface area contributed by atoms with Crippen LogP contribution >= 0.6 is 0 Å². The van der Waals surface area contributed by atoms with Gasteiger partial charge in [-0.2, -0.15) is 0 Å². The lowest BCUT2D eigenvalue weighted by atomic mass is 9.92. The Bertz CT molecular complexity index is 330. The molecule has 4 unspecified atom stereocenters. The maximum Gasteiger partial charge on any atom is 0.0759 e. The molecule has 1 aliphatic carbocycles. The molecule has 0 amide bonds. The topological polar surface area (TPSA) is 24.5 Å². The summed E-state index contributed by atoms with van der Waals surface area (Å²) in [6.07, 6.45) is 11.6. The number of hydrogen-bond acceptors (Lipinski definition) is 3. The second-order valence-electron chi connectivity index (χ2n) is 7.48. The number of nitrogens with one attached hydrogen (secondary N) is 1. The predicted molar refractivity (Wildman–Crippen MR) is 80.8 cm³/mol. The summed E-state index contributed by atoms with van der Waals surface area (Å²) in [6.45, 7) is 4.48. The van der Waals surface area contributed by atoms with Crippen LogP contribution in [0.2, 0.25) is 0 Å². The minimum absolute atomic E-state index is 0.582. The fraction of sp³-hybridized carbons (Fsp3) is 1.00. The summed E-state index contributed by atoms with van der Waals surface area (Å²) in [5.41, 5.74) is 0. The number of piperidine rings is 1. The second kappa shape index (κ2) is 5.58. The molecule has 0 spiro atoms. The average molecular weight is 278 g/mol. The Hall–Kier alpha value is -0.120. The van der Waals surface area contributed by atoms with Gasteiger partial charge in [-0.1, -0.05) is 6.92 Å². The zero-order valence-electron chi connectivity index (χ0n) is 12.9. The van der Waals surface area contributed by atoms with Gasteiger partial charge in [0.1, 0.15) is 0 Å². The second-order valence-corrected chi connectivity index (χ2v) is 7.48. The van der Waals surface area contributed by atoms with E-state index in [1.807, 2.05) is 0 Å². The van der Waals surface area contributed by atoms with E-state index in [0.29, 0.717) is 6.10 Å². The molecule has 20 heavy (non-hydrogen) atoms. The van der Waals surface area contributed by atoms with Crippen molar-refractivity contribution in [2.75, 3.05) is 13.2 Å². The Balaban J connectivity index is 1.42. The van der Waals surface area contributed by atoms with Crippen molar-refractivity contribution < 1.29 is 4.74 Å². The third-order valence-electron chi connectivity index (χ3n) is 6.05. The minimum atomic E-state index is 0.582. The van der Waals surface area contributed by atoms with Gasteiger partial charge in [0.15, 0.2) is 0 Å². The third-order valence-corrected chi connectivity index (χ3v) is 6.05. The molecule has 0 radical (unpaired) electrons. The smallest absolute Gasteiger partial charge is 0.0759 e. The highest BCUT2D eigenvalue weighted by Gasteiger charge is 2.50. The monoisotopic (exact) mass is 278 g/mol. The standard InChI is InChI=1S/C17H30N2O/c1-2-8-18-13-10-14-5-6-15(11-13)19(14)16-7-9-20-17(16)12-3-4-12/h12-18H,2-11H2,1H3. The number of ether oxygens (including phenoxy) is 1. The Kier molecular flexibility index (Phi) is 3.78. The quantitative estimate of drug-likeness (QED) is 0.836. The summed E-state index contributed by atoms with van der Waals surface area (Å²) in [5.74, 6) is 0.901. The lowest BCUT2D eigenvalue weighted by Gasteiger charge is -2.44. The molecule has 0 aromatic rings. The van der Waals surface area contributed by atoms with Crippen molar-refractivity contribution in [2.24, 2.45) is 5.92 Å². The maximum absolute atomic E-state index is 6.10. The lowest BCUT2D eigenvalue weighted by molar-refractivity contribution is 0.00628. The molecule has 4 fully saturated rings. The number of rotatable bonds is 5. The van der Waals surface area contributed by atoms with Gasteiger partial charge < -0.3 is 10.1 Å². The molecule has 3 aliphatic heterocycles. The molecule has 4 rings (SSSR count). The van der Waals surface area contributed by atoms with Crippen LogP contribution in [0, 0.1) is 5.92 Å². The average Bonchev–Trinajstić information content (AvgIpc) is 3.13. The summed E-state index contributed by atoms with van der Waals surface area (Å²) in [7, 11) is 0. The highest BCUT2D eigenvalue weighted by atomic mass is 16.5. The normalized spacial score (nSPS) is 45.1. The fourth-order valence-electron chi connectivity index (χ4n) is 5.06. The van der Waals surface area contributed by atoms with Gasteiger partial charge in [-0.15, -0.1) is 0 Å². The van der Waals surface area contributed by atoms with E-state index in [1.165, 1.54) is 57.9 Å². The van der Waals surface area contributed by atoms with Gasteiger partial charge in [0.2, 0.25) is 0 Å². The van der Waals surface area contributed by atoms with Crippen LogP contribution < -0.4 is 5.32 Å². The van der Waals surface area contributed by atoms with E-state index >= 15 is 0 Å². The Morgan fingerprint density at radius 1 is 1.05 bits per heavy atom. The Labute approximate surface area is 123 Å². The molecule has 3 nitrogen and oxygen atoms in total. The SMILES string of the molecule is CCCNC1CC2CCC(C1)N2C1CCOC1C1CC1. The molecular weight excluding hydrogens is 248 g/mol. The third kappa shape index (κ3) is 2.42. The van der Waals surface area contributed by atoms with Crippen molar-refractivity contribution >= 4 is 0 Å². The summed E-state index contributed by atoms with van der Waals surface area (Å²) in [4.78, 5) is 2.92. The predicted octanol–water partition coefficient (Wildman–Crippen LogP) is 2.55. The van der Waals surface area contributed by atoms with Gasteiger partial charge in [-0.25, -0.2) is 0 Å². The molecule has 1 saturated carbocycles. The molecule has 0 aromatic heterocycles. The molecule has 2 bridgehead atoms. The Morgan fingerprint density at radius 3 is 2.45 bits per heavy atom. The molecule has 3 heteroatoms. The van der Waals surface area contributed by atoms with Crippen molar-refractivity contribution in [3.8, 4) is 0 Å². The lowest BCUT2D eigenvalue weighted by Crippen LogP contribution is -2.55. The van der Waals surface area contributed by atoms with Crippen LogP contribution in [0.1, 0.15) is 58.3 Å². The van der Waals surface area contributed by atoms with E-state index in [2.05, 4.69) is 17.1 Å². The van der Waals surface area contributed by atoms with Gasteiger partial charge >= 0.3 is 0 Å². The summed E-state index contributed by atoms with van der Waals surface area (Å²) < 4.78 is 6.10. The van der Waals surface area contributed by atoms with Gasteiger partial charge in [-0.05, 0) is 63.8 Å². The van der Waals surface area contributed by atoms with E-state index in [1.54, 1.807) is 0 Å². The van der Waals surface area contributed by atoms with Crippen molar-refractivity contribution in [1.82, 2.24) is 10.2 Å². The van der Waals surface area contributed by atoms with Crippen LogP contribution in [0.4, 0.5) is 0 Å². The van der Waals surface area contributed by atoms with E-state index in [4.69, 9.17) is 4.74 Å². The highest BCUT2D eigenvalue weighted by Crippen LogP contribution is 2.45. The zero-order chi connectivity index (χ0) is 13.5. The summed E-state index contributed by atoms with van der Waals surface area (Å²) in [5, 5.41) is 3.77. The first kappa shape index (κ1) is 13.5. The minimum Gasteiger partial charge on any atom is -0.376 e. The van der Waals surface area contributed by atoms with E-state index in [-0.39, 0.29) is 0 Å². The number of hydrogen-bond donors (Lipinski definition) is 1. The van der Waals surface area contributed by atoms with Gasteiger partial charge in [-0.3, -0.25) is 4.90 Å². The fourth-order valence-corrected chi connectivity index (χ4v) is 5.06. The molecule has 3 saturated heterocycles. The molecule has 4 aliphatic rings. The van der Waals surface area contributed by atoms with Crippen LogP contribution in [0.3, 0.4) is 0 Å². The first-order valence-electron chi connectivity index (χ1n) is 8.99. The Morgan fingerprint density at radius 2 is 1.80 bits per heavy atom. The van der Waals surface area contributed by atoms with Crippen molar-refractivity contribution in [2.45, 2.75) is 88.6 Å². The molecular formula is C17H30N2O. The maximum atomic E-state index is 6.10. The summed E-state index contributed by atoms with van der Waals surface area (Å²) >= 11 is 0. The molecule has 1 N–H and O–H groups in total. The molecule has 4 atom stereocenters. The van der Waals surface area contributed by atoms with Crippen molar-refractivity contribution in [3.05, 3.63) is 0 Å². The zero-order valence-corrected chi connectivity index (χ0v) is 12.9. The van der Waals surface area contributed by atoms with E-state index < -0.39 is 0 Å². The van der Waals surface area contributed by atoms with Crippen LogP contribution in [0.25, 0.3) is 0 Å². The van der Waals surface area contributed by atoms with Gasteiger partial charge in [0, 0.05) is 30.8 Å². The van der Waals surface area contributed by atoms with Crippen molar-refractivity contribution in [1.29, 1.82) is 0 Å². The van der Waals surface area contributed by atoms with Gasteiger partial charge in [0.05, 0.1) is 6.10 Å². The van der Waals surface area contributed by atoms with Gasteiger partial charge in [0.25, 0.3) is 0 Å². The van der Waals surface area contributed by atoms with E-state index in [0.717, 1.165) is 36.7 Å². The van der Waals surface area contributed by atoms with Crippen molar-refractivity contribution in [3.63, 3.8) is 0 Å². The molecule has 114 valence electrons. The van der Waals surface area contributed by atoms with Crippen LogP contribution in [0.5, 0.6) is 0 Å². The van der Waals surface area contributed by atoms with Crippen LogP contribution in [-0.4, -0.2) is 48.3 Å². The highest BCUT2D eigenvalue weighted by molar-refractivity contribution is 5.04. The largest absolute Gasteiger partial charge is 0.376 e. The van der Waals surface area contributed by atoms with E-state index in [9.17, 15) is 0 Å². The number of nitrogens with zero attached hydrogens (tertiary/aromatic N) is 1. The van der Waals surface area contributed by atoms with Crippen LogP contribution in [0.15, 0.2) is 0 Å².